The Morgan fingerprint density at radius 3 is 2.47 bits per heavy atom. The van der Waals surface area contributed by atoms with Gasteiger partial charge in [0.25, 0.3) is 0 Å². The number of aromatic nitrogens is 2. The fourth-order valence-corrected chi connectivity index (χ4v) is 1.72. The Balaban J connectivity index is 2.49. The average molecular weight is 234 g/mol. The molecule has 0 fully saturated rings. The van der Waals surface area contributed by atoms with E-state index in [1.165, 1.54) is 12.1 Å². The highest BCUT2D eigenvalue weighted by Crippen LogP contribution is 2.20. The highest BCUT2D eigenvalue weighted by atomic mass is 19.1. The number of benzene rings is 1. The van der Waals surface area contributed by atoms with Crippen LogP contribution >= 0.6 is 0 Å². The topological polar surface area (TPSA) is 38.1 Å². The lowest BCUT2D eigenvalue weighted by Gasteiger charge is -2.09. The molecule has 90 valence electrons. The molecule has 0 amide bonds. The van der Waals surface area contributed by atoms with Crippen molar-refractivity contribution in [3.8, 4) is 5.69 Å². The van der Waals surface area contributed by atoms with Gasteiger partial charge < -0.3 is 5.11 Å². The molecule has 1 N–H and O–H groups in total. The minimum atomic E-state index is -0.269. The maximum absolute atomic E-state index is 12.9. The van der Waals surface area contributed by atoms with Crippen LogP contribution in [0.15, 0.2) is 30.3 Å². The van der Waals surface area contributed by atoms with E-state index in [1.54, 1.807) is 16.8 Å². The highest BCUT2D eigenvalue weighted by Gasteiger charge is 2.12. The lowest BCUT2D eigenvalue weighted by atomic mass is 10.1. The molecule has 2 aromatic rings. The third-order valence-corrected chi connectivity index (χ3v) is 2.61. The molecule has 0 aliphatic rings. The lowest BCUT2D eigenvalue weighted by molar-refractivity contribution is 0.276. The number of aliphatic hydroxyl groups is 1. The van der Waals surface area contributed by atoms with Crippen molar-refractivity contribution in [2.45, 2.75) is 26.4 Å². The molecule has 0 aliphatic carbocycles. The SMILES string of the molecule is CC(C)c1cc(CO)nn1-c1ccc(F)cc1. The molecule has 0 radical (unpaired) electrons. The second-order valence-electron chi connectivity index (χ2n) is 4.26. The monoisotopic (exact) mass is 234 g/mol. The first-order valence-corrected chi connectivity index (χ1v) is 5.57. The van der Waals surface area contributed by atoms with Crippen LogP contribution in [0.2, 0.25) is 0 Å². The maximum atomic E-state index is 12.9. The van der Waals surface area contributed by atoms with Gasteiger partial charge in [-0.25, -0.2) is 9.07 Å². The third-order valence-electron chi connectivity index (χ3n) is 2.61. The normalized spacial score (nSPS) is 11.1. The Kier molecular flexibility index (Phi) is 3.24. The van der Waals surface area contributed by atoms with Crippen LogP contribution < -0.4 is 0 Å². The van der Waals surface area contributed by atoms with E-state index in [2.05, 4.69) is 18.9 Å². The van der Waals surface area contributed by atoms with Gasteiger partial charge in [0, 0.05) is 5.69 Å². The van der Waals surface area contributed by atoms with Crippen molar-refractivity contribution in [1.82, 2.24) is 9.78 Å². The van der Waals surface area contributed by atoms with Crippen LogP contribution in [0.3, 0.4) is 0 Å². The van der Waals surface area contributed by atoms with Gasteiger partial charge in [-0.15, -0.1) is 0 Å². The van der Waals surface area contributed by atoms with Gasteiger partial charge in [-0.2, -0.15) is 5.10 Å². The predicted octanol–water partition coefficient (Wildman–Crippen LogP) is 2.63. The van der Waals surface area contributed by atoms with E-state index in [9.17, 15) is 4.39 Å². The van der Waals surface area contributed by atoms with Crippen LogP contribution in [0.5, 0.6) is 0 Å². The third kappa shape index (κ3) is 2.36. The van der Waals surface area contributed by atoms with Gasteiger partial charge in [-0.05, 0) is 36.2 Å². The summed E-state index contributed by atoms with van der Waals surface area (Å²) >= 11 is 0. The molecule has 0 unspecified atom stereocenters. The first-order chi connectivity index (χ1) is 8.11. The quantitative estimate of drug-likeness (QED) is 0.886. The molecule has 1 heterocycles. The second kappa shape index (κ2) is 4.67. The Morgan fingerprint density at radius 2 is 1.94 bits per heavy atom. The van der Waals surface area contributed by atoms with Crippen LogP contribution in [0, 0.1) is 5.82 Å². The minimum Gasteiger partial charge on any atom is -0.390 e. The Bertz CT molecular complexity index is 503. The zero-order valence-electron chi connectivity index (χ0n) is 9.89. The maximum Gasteiger partial charge on any atom is 0.123 e. The summed E-state index contributed by atoms with van der Waals surface area (Å²) in [6.07, 6.45) is 0. The Morgan fingerprint density at radius 1 is 1.29 bits per heavy atom. The van der Waals surface area contributed by atoms with E-state index in [4.69, 9.17) is 5.11 Å². The predicted molar refractivity (Wildman–Crippen MR) is 63.5 cm³/mol. The second-order valence-corrected chi connectivity index (χ2v) is 4.26. The number of hydrogen-bond donors (Lipinski definition) is 1. The van der Waals surface area contributed by atoms with Crippen molar-refractivity contribution >= 4 is 0 Å². The molecular formula is C13H15FN2O. The number of halogens is 1. The van der Waals surface area contributed by atoms with Crippen molar-refractivity contribution in [2.75, 3.05) is 0 Å². The molecule has 2 rings (SSSR count). The fourth-order valence-electron chi connectivity index (χ4n) is 1.72. The number of aliphatic hydroxyl groups excluding tert-OH is 1. The van der Waals surface area contributed by atoms with Gasteiger partial charge in [0.15, 0.2) is 0 Å². The summed E-state index contributed by atoms with van der Waals surface area (Å²) in [6.45, 7) is 4.02. The summed E-state index contributed by atoms with van der Waals surface area (Å²) in [4.78, 5) is 0. The number of rotatable bonds is 3. The smallest absolute Gasteiger partial charge is 0.123 e. The standard InChI is InChI=1S/C13H15FN2O/c1-9(2)13-7-11(8-17)15-16(13)12-5-3-10(14)4-6-12/h3-7,9,17H,8H2,1-2H3. The lowest BCUT2D eigenvalue weighted by Crippen LogP contribution is -2.03. The van der Waals surface area contributed by atoms with E-state index < -0.39 is 0 Å². The summed E-state index contributed by atoms with van der Waals surface area (Å²) in [5.74, 6) is 0.0160. The summed E-state index contributed by atoms with van der Waals surface area (Å²) in [5, 5.41) is 13.4. The summed E-state index contributed by atoms with van der Waals surface area (Å²) in [6, 6.07) is 8.03. The molecule has 0 bridgehead atoms. The number of nitrogens with zero attached hydrogens (tertiary/aromatic N) is 2. The summed E-state index contributed by atoms with van der Waals surface area (Å²) in [7, 11) is 0. The first kappa shape index (κ1) is 11.8. The molecule has 1 aromatic heterocycles. The van der Waals surface area contributed by atoms with Crippen molar-refractivity contribution in [1.29, 1.82) is 0 Å². The van der Waals surface area contributed by atoms with E-state index >= 15 is 0 Å². The van der Waals surface area contributed by atoms with Crippen molar-refractivity contribution in [2.24, 2.45) is 0 Å². The van der Waals surface area contributed by atoms with Gasteiger partial charge in [0.1, 0.15) is 5.82 Å². The molecule has 1 aromatic carbocycles. The van der Waals surface area contributed by atoms with Crippen LogP contribution in [-0.2, 0) is 6.61 Å². The summed E-state index contributed by atoms with van der Waals surface area (Å²) in [5.41, 5.74) is 2.42. The van der Waals surface area contributed by atoms with E-state index in [-0.39, 0.29) is 18.3 Å². The van der Waals surface area contributed by atoms with Crippen LogP contribution in [0.4, 0.5) is 4.39 Å². The molecule has 0 saturated carbocycles. The Hall–Kier alpha value is -1.68. The minimum absolute atomic E-state index is 0.0894. The van der Waals surface area contributed by atoms with E-state index in [0.29, 0.717) is 5.69 Å². The largest absolute Gasteiger partial charge is 0.390 e. The van der Waals surface area contributed by atoms with Gasteiger partial charge >= 0.3 is 0 Å². The molecule has 17 heavy (non-hydrogen) atoms. The summed E-state index contributed by atoms with van der Waals surface area (Å²) < 4.78 is 14.6. The van der Waals surface area contributed by atoms with E-state index in [1.807, 2.05) is 6.07 Å². The molecule has 0 saturated heterocycles. The van der Waals surface area contributed by atoms with Crippen molar-refractivity contribution < 1.29 is 9.50 Å². The zero-order valence-corrected chi connectivity index (χ0v) is 9.89. The van der Waals surface area contributed by atoms with E-state index in [0.717, 1.165) is 11.4 Å². The highest BCUT2D eigenvalue weighted by molar-refractivity contribution is 5.34. The van der Waals surface area contributed by atoms with Gasteiger partial charge in [0.05, 0.1) is 18.0 Å². The molecular weight excluding hydrogens is 219 g/mol. The molecule has 4 heteroatoms. The molecule has 3 nitrogen and oxygen atoms in total. The molecule has 0 aliphatic heterocycles. The van der Waals surface area contributed by atoms with Crippen LogP contribution in [0.25, 0.3) is 5.69 Å². The van der Waals surface area contributed by atoms with Crippen LogP contribution in [-0.4, -0.2) is 14.9 Å². The first-order valence-electron chi connectivity index (χ1n) is 5.57. The molecule has 0 atom stereocenters. The van der Waals surface area contributed by atoms with Crippen molar-refractivity contribution in [3.63, 3.8) is 0 Å². The Labute approximate surface area is 99.5 Å². The van der Waals surface area contributed by atoms with Gasteiger partial charge in [-0.3, -0.25) is 0 Å². The van der Waals surface area contributed by atoms with Crippen LogP contribution in [0.1, 0.15) is 31.2 Å². The fraction of sp³-hybridized carbons (Fsp3) is 0.308. The van der Waals surface area contributed by atoms with Gasteiger partial charge in [0.2, 0.25) is 0 Å². The zero-order chi connectivity index (χ0) is 12.4. The average Bonchev–Trinajstić information content (AvgIpc) is 2.74. The van der Waals surface area contributed by atoms with Crippen molar-refractivity contribution in [3.05, 3.63) is 47.5 Å². The van der Waals surface area contributed by atoms with Gasteiger partial charge in [-0.1, -0.05) is 13.8 Å². The molecule has 0 spiro atoms. The number of hydrogen-bond acceptors (Lipinski definition) is 2.